The molecule has 0 saturated carbocycles. The maximum absolute atomic E-state index is 9.21. The summed E-state index contributed by atoms with van der Waals surface area (Å²) in [5.74, 6) is 1.26. The lowest BCUT2D eigenvalue weighted by Crippen LogP contribution is -2.38. The van der Waals surface area contributed by atoms with Crippen molar-refractivity contribution in [3.05, 3.63) is 22.6 Å². The Labute approximate surface area is 99.0 Å². The Morgan fingerprint density at radius 3 is 2.53 bits per heavy atom. The van der Waals surface area contributed by atoms with Crippen LogP contribution in [-0.2, 0) is 0 Å². The van der Waals surface area contributed by atoms with Crippen LogP contribution in [0.1, 0.15) is 32.6 Å². The molecule has 1 heterocycles. The number of furan rings is 1. The second-order valence-corrected chi connectivity index (χ2v) is 4.91. The van der Waals surface area contributed by atoms with Gasteiger partial charge in [0.2, 0.25) is 0 Å². The number of aliphatic hydroxyl groups excluding tert-OH is 1. The Kier molecular flexibility index (Phi) is 4.83. The highest BCUT2D eigenvalue weighted by Crippen LogP contribution is 2.24. The van der Waals surface area contributed by atoms with E-state index in [4.69, 9.17) is 4.42 Å². The van der Waals surface area contributed by atoms with E-state index in [0.717, 1.165) is 10.2 Å². The van der Waals surface area contributed by atoms with Gasteiger partial charge in [-0.2, -0.15) is 0 Å². The van der Waals surface area contributed by atoms with Crippen LogP contribution in [0, 0.1) is 5.92 Å². The normalized spacial score (nSPS) is 15.6. The smallest absolute Gasteiger partial charge is 0.134 e. The first-order chi connectivity index (χ1) is 7.06. The van der Waals surface area contributed by atoms with Crippen molar-refractivity contribution in [2.45, 2.75) is 32.9 Å². The highest BCUT2D eigenvalue weighted by molar-refractivity contribution is 9.10. The molecule has 0 fully saturated rings. The quantitative estimate of drug-likeness (QED) is 0.869. The maximum Gasteiger partial charge on any atom is 0.134 e. The highest BCUT2D eigenvalue weighted by Gasteiger charge is 2.19. The molecule has 0 spiro atoms. The lowest BCUT2D eigenvalue weighted by atomic mass is 10.0. The Morgan fingerprint density at radius 1 is 1.47 bits per heavy atom. The molecule has 4 heteroatoms. The highest BCUT2D eigenvalue weighted by atomic mass is 79.9. The van der Waals surface area contributed by atoms with Gasteiger partial charge in [0.25, 0.3) is 0 Å². The van der Waals surface area contributed by atoms with Crippen LogP contribution in [0.15, 0.2) is 21.2 Å². The largest absolute Gasteiger partial charge is 0.466 e. The van der Waals surface area contributed by atoms with Gasteiger partial charge in [-0.3, -0.25) is 0 Å². The predicted molar refractivity (Wildman–Crippen MR) is 63.7 cm³/mol. The molecule has 0 aromatic carbocycles. The van der Waals surface area contributed by atoms with E-state index in [1.165, 1.54) is 0 Å². The predicted octanol–water partition coefficient (Wildman–Crippen LogP) is 2.71. The fourth-order valence-corrected chi connectivity index (χ4v) is 2.01. The minimum Gasteiger partial charge on any atom is -0.466 e. The summed E-state index contributed by atoms with van der Waals surface area (Å²) in [6.07, 6.45) is 1.65. The monoisotopic (exact) mass is 275 g/mol. The standard InChI is InChI=1S/C11H18BrNO2/c1-7(2)10(6-14)13-8(3)11-9(12)4-5-15-11/h4-5,7-8,10,13-14H,6H2,1-3H3/t8?,10-/m1/s1. The molecule has 1 unspecified atom stereocenters. The van der Waals surface area contributed by atoms with Crippen molar-refractivity contribution in [3.63, 3.8) is 0 Å². The van der Waals surface area contributed by atoms with Gasteiger partial charge in [-0.05, 0) is 34.8 Å². The van der Waals surface area contributed by atoms with Crippen molar-refractivity contribution in [2.24, 2.45) is 5.92 Å². The summed E-state index contributed by atoms with van der Waals surface area (Å²) in [7, 11) is 0. The van der Waals surface area contributed by atoms with Crippen molar-refractivity contribution in [1.82, 2.24) is 5.32 Å². The first-order valence-electron chi connectivity index (χ1n) is 5.16. The Balaban J connectivity index is 2.62. The van der Waals surface area contributed by atoms with Crippen LogP contribution >= 0.6 is 15.9 Å². The summed E-state index contributed by atoms with van der Waals surface area (Å²) in [5, 5.41) is 12.5. The van der Waals surface area contributed by atoms with E-state index in [2.05, 4.69) is 35.1 Å². The average Bonchev–Trinajstić information content (AvgIpc) is 2.60. The average molecular weight is 276 g/mol. The molecule has 2 atom stereocenters. The molecule has 0 amide bonds. The molecule has 3 nitrogen and oxygen atoms in total. The second-order valence-electron chi connectivity index (χ2n) is 4.05. The number of hydrogen-bond donors (Lipinski definition) is 2. The van der Waals surface area contributed by atoms with Gasteiger partial charge in [-0.1, -0.05) is 13.8 Å². The van der Waals surface area contributed by atoms with E-state index in [0.29, 0.717) is 5.92 Å². The maximum atomic E-state index is 9.21. The molecule has 0 saturated heterocycles. The molecule has 0 radical (unpaired) electrons. The van der Waals surface area contributed by atoms with Crippen LogP contribution in [0.25, 0.3) is 0 Å². The van der Waals surface area contributed by atoms with Crippen LogP contribution in [0.4, 0.5) is 0 Å². The molecule has 0 bridgehead atoms. The lowest BCUT2D eigenvalue weighted by Gasteiger charge is -2.23. The Hall–Kier alpha value is -0.320. The topological polar surface area (TPSA) is 45.4 Å². The molecule has 86 valence electrons. The fourth-order valence-electron chi connectivity index (χ4n) is 1.47. The van der Waals surface area contributed by atoms with Crippen molar-refractivity contribution in [3.8, 4) is 0 Å². The summed E-state index contributed by atoms with van der Waals surface area (Å²) in [6, 6.07) is 2.06. The summed E-state index contributed by atoms with van der Waals surface area (Å²) < 4.78 is 6.32. The third-order valence-electron chi connectivity index (χ3n) is 2.50. The van der Waals surface area contributed by atoms with Gasteiger partial charge in [0, 0.05) is 6.04 Å². The number of hydrogen-bond acceptors (Lipinski definition) is 3. The van der Waals surface area contributed by atoms with E-state index in [1.54, 1.807) is 6.26 Å². The van der Waals surface area contributed by atoms with E-state index in [9.17, 15) is 5.11 Å². The third-order valence-corrected chi connectivity index (χ3v) is 3.16. The summed E-state index contributed by atoms with van der Waals surface area (Å²) in [4.78, 5) is 0. The van der Waals surface area contributed by atoms with Crippen LogP contribution < -0.4 is 5.32 Å². The number of nitrogens with one attached hydrogen (secondary N) is 1. The first-order valence-corrected chi connectivity index (χ1v) is 5.95. The van der Waals surface area contributed by atoms with E-state index in [1.807, 2.05) is 13.0 Å². The second kappa shape index (κ2) is 5.68. The van der Waals surface area contributed by atoms with Gasteiger partial charge < -0.3 is 14.8 Å². The van der Waals surface area contributed by atoms with Crippen LogP contribution in [0.2, 0.25) is 0 Å². The Bertz CT molecular complexity index is 299. The van der Waals surface area contributed by atoms with E-state index < -0.39 is 0 Å². The minimum absolute atomic E-state index is 0.0916. The minimum atomic E-state index is 0.0916. The summed E-state index contributed by atoms with van der Waals surface area (Å²) in [5.41, 5.74) is 0. The van der Waals surface area contributed by atoms with Crippen molar-refractivity contribution >= 4 is 15.9 Å². The summed E-state index contributed by atoms with van der Waals surface area (Å²) >= 11 is 3.42. The van der Waals surface area contributed by atoms with Crippen molar-refractivity contribution in [1.29, 1.82) is 0 Å². The molecule has 0 aliphatic rings. The van der Waals surface area contributed by atoms with E-state index in [-0.39, 0.29) is 18.7 Å². The van der Waals surface area contributed by atoms with Gasteiger partial charge in [0.05, 0.1) is 23.4 Å². The number of halogens is 1. The van der Waals surface area contributed by atoms with Gasteiger partial charge in [-0.25, -0.2) is 0 Å². The molecule has 2 N–H and O–H groups in total. The molecule has 0 aliphatic heterocycles. The van der Waals surface area contributed by atoms with Gasteiger partial charge in [-0.15, -0.1) is 0 Å². The molecular formula is C11H18BrNO2. The molecule has 1 rings (SSSR count). The van der Waals surface area contributed by atoms with Gasteiger partial charge in [0.15, 0.2) is 0 Å². The number of aliphatic hydroxyl groups is 1. The third kappa shape index (κ3) is 3.33. The van der Waals surface area contributed by atoms with Crippen molar-refractivity contribution in [2.75, 3.05) is 6.61 Å². The SMILES string of the molecule is CC(N[C@H](CO)C(C)C)c1occc1Br. The van der Waals surface area contributed by atoms with Crippen molar-refractivity contribution < 1.29 is 9.52 Å². The Morgan fingerprint density at radius 2 is 2.13 bits per heavy atom. The zero-order valence-electron chi connectivity index (χ0n) is 9.33. The molecular weight excluding hydrogens is 258 g/mol. The van der Waals surface area contributed by atoms with Crippen LogP contribution in [-0.4, -0.2) is 17.8 Å². The fraction of sp³-hybridized carbons (Fsp3) is 0.636. The van der Waals surface area contributed by atoms with Crippen LogP contribution in [0.3, 0.4) is 0 Å². The molecule has 1 aromatic heterocycles. The lowest BCUT2D eigenvalue weighted by molar-refractivity contribution is 0.197. The van der Waals surface area contributed by atoms with Crippen LogP contribution in [0.5, 0.6) is 0 Å². The number of rotatable bonds is 5. The van der Waals surface area contributed by atoms with E-state index >= 15 is 0 Å². The molecule has 15 heavy (non-hydrogen) atoms. The first kappa shape index (κ1) is 12.7. The van der Waals surface area contributed by atoms with Gasteiger partial charge >= 0.3 is 0 Å². The summed E-state index contributed by atoms with van der Waals surface area (Å²) in [6.45, 7) is 6.32. The zero-order chi connectivity index (χ0) is 11.4. The molecule has 1 aromatic rings. The van der Waals surface area contributed by atoms with Gasteiger partial charge in [0.1, 0.15) is 5.76 Å². The zero-order valence-corrected chi connectivity index (χ0v) is 10.9. The molecule has 0 aliphatic carbocycles.